The first-order chi connectivity index (χ1) is 15.7. The van der Waals surface area contributed by atoms with Crippen molar-refractivity contribution in [2.45, 2.75) is 51.7 Å². The second kappa shape index (κ2) is 10.9. The van der Waals surface area contributed by atoms with Crippen LogP contribution in [0, 0.1) is 0 Å². The van der Waals surface area contributed by atoms with Crippen LogP contribution in [-0.2, 0) is 14.8 Å². The summed E-state index contributed by atoms with van der Waals surface area (Å²) in [5, 5.41) is 3.05. The van der Waals surface area contributed by atoms with E-state index in [0.29, 0.717) is 17.9 Å². The van der Waals surface area contributed by atoms with Gasteiger partial charge in [0.2, 0.25) is 10.0 Å². The average Bonchev–Trinajstić information content (AvgIpc) is 2.82. The molecule has 1 aliphatic heterocycles. The summed E-state index contributed by atoms with van der Waals surface area (Å²) in [4.78, 5) is 15.3. The van der Waals surface area contributed by atoms with Crippen LogP contribution in [0.25, 0.3) is 0 Å². The largest absolute Gasteiger partial charge is 0.481 e. The first kappa shape index (κ1) is 24.9. The quantitative estimate of drug-likeness (QED) is 0.593. The number of carbonyl (C=O) groups is 1. The maximum Gasteiger partial charge on any atom is 0.261 e. The fraction of sp³-hybridized carbons (Fsp3) is 0.480. The molecule has 7 nitrogen and oxygen atoms in total. The summed E-state index contributed by atoms with van der Waals surface area (Å²) in [5.41, 5.74) is 2.81. The predicted octanol–water partition coefficient (Wildman–Crippen LogP) is 4.11. The van der Waals surface area contributed by atoms with Crippen LogP contribution in [0.3, 0.4) is 0 Å². The summed E-state index contributed by atoms with van der Waals surface area (Å²) < 4.78 is 30.5. The van der Waals surface area contributed by atoms with Crippen molar-refractivity contribution < 1.29 is 17.9 Å². The highest BCUT2D eigenvalue weighted by atomic mass is 32.2. The highest BCUT2D eigenvalue weighted by Crippen LogP contribution is 2.24. The van der Waals surface area contributed by atoms with Crippen molar-refractivity contribution in [2.75, 3.05) is 35.6 Å². The normalized spacial score (nSPS) is 16.1. The Morgan fingerprint density at radius 3 is 2.21 bits per heavy atom. The number of amides is 1. The van der Waals surface area contributed by atoms with Gasteiger partial charge in [0.05, 0.1) is 18.0 Å². The van der Waals surface area contributed by atoms with E-state index in [1.165, 1.54) is 36.3 Å². The van der Waals surface area contributed by atoms with Gasteiger partial charge in [0, 0.05) is 25.8 Å². The number of hydrogen-bond acceptors (Lipinski definition) is 5. The number of sulfonamides is 1. The first-order valence-corrected chi connectivity index (χ1v) is 13.4. The van der Waals surface area contributed by atoms with E-state index >= 15 is 0 Å². The molecular formula is C25H35N3O4S. The lowest BCUT2D eigenvalue weighted by atomic mass is 10.1. The molecule has 2 aromatic carbocycles. The molecule has 0 unspecified atom stereocenters. The molecular weight excluding hydrogens is 438 g/mol. The number of piperidine rings is 1. The molecule has 0 aliphatic carbocycles. The molecule has 3 rings (SSSR count). The molecule has 1 N–H and O–H groups in total. The van der Waals surface area contributed by atoms with E-state index in [1.807, 2.05) is 13.8 Å². The Balaban J connectivity index is 1.58. The average molecular weight is 474 g/mol. The summed E-state index contributed by atoms with van der Waals surface area (Å²) >= 11 is 0. The standard InChI is InChI=1S/C25H35N3O4S/c1-5-24(32-23-15-13-21(14-16-23)27(3)33(4,30)31)25(29)26-19(2)20-9-11-22(12-10-20)28-17-7-6-8-18-28/h9-16,19,24H,5-8,17-18H2,1-4H3,(H,26,29)/t19-,24+/m0/s1. The van der Waals surface area contributed by atoms with Gasteiger partial charge in [-0.05, 0) is 74.6 Å². The molecule has 0 saturated carbocycles. The topological polar surface area (TPSA) is 78.9 Å². The van der Waals surface area contributed by atoms with E-state index in [4.69, 9.17) is 4.74 Å². The van der Waals surface area contributed by atoms with Crippen molar-refractivity contribution in [2.24, 2.45) is 0 Å². The summed E-state index contributed by atoms with van der Waals surface area (Å²) in [6.45, 7) is 6.07. The number of ether oxygens (including phenoxy) is 1. The lowest BCUT2D eigenvalue weighted by molar-refractivity contribution is -0.128. The molecule has 1 heterocycles. The van der Waals surface area contributed by atoms with Gasteiger partial charge in [-0.3, -0.25) is 9.10 Å². The predicted molar refractivity (Wildman–Crippen MR) is 133 cm³/mol. The zero-order valence-corrected chi connectivity index (χ0v) is 20.8. The highest BCUT2D eigenvalue weighted by Gasteiger charge is 2.21. The Kier molecular flexibility index (Phi) is 8.24. The smallest absolute Gasteiger partial charge is 0.261 e. The number of carbonyl (C=O) groups excluding carboxylic acids is 1. The number of hydrogen-bond donors (Lipinski definition) is 1. The van der Waals surface area contributed by atoms with Gasteiger partial charge in [-0.15, -0.1) is 0 Å². The number of anilines is 2. The minimum Gasteiger partial charge on any atom is -0.481 e. The molecule has 0 spiro atoms. The number of nitrogens with zero attached hydrogens (tertiary/aromatic N) is 2. The molecule has 1 aliphatic rings. The van der Waals surface area contributed by atoms with E-state index in [-0.39, 0.29) is 11.9 Å². The van der Waals surface area contributed by atoms with Crippen molar-refractivity contribution in [3.63, 3.8) is 0 Å². The number of benzene rings is 2. The minimum atomic E-state index is -3.33. The Morgan fingerprint density at radius 1 is 1.06 bits per heavy atom. The Morgan fingerprint density at radius 2 is 1.67 bits per heavy atom. The maximum absolute atomic E-state index is 12.9. The number of nitrogens with one attached hydrogen (secondary N) is 1. The van der Waals surface area contributed by atoms with Crippen LogP contribution in [0.1, 0.15) is 51.1 Å². The van der Waals surface area contributed by atoms with Gasteiger partial charge in [-0.1, -0.05) is 19.1 Å². The highest BCUT2D eigenvalue weighted by molar-refractivity contribution is 7.92. The second-order valence-corrected chi connectivity index (χ2v) is 10.6. The second-order valence-electron chi connectivity index (χ2n) is 8.61. The molecule has 2 atom stereocenters. The van der Waals surface area contributed by atoms with E-state index in [9.17, 15) is 13.2 Å². The maximum atomic E-state index is 12.9. The van der Waals surface area contributed by atoms with Gasteiger partial charge in [0.15, 0.2) is 6.10 Å². The van der Waals surface area contributed by atoms with Crippen LogP contribution >= 0.6 is 0 Å². The molecule has 1 fully saturated rings. The van der Waals surface area contributed by atoms with Gasteiger partial charge < -0.3 is 15.0 Å². The van der Waals surface area contributed by atoms with Crippen LogP contribution in [0.4, 0.5) is 11.4 Å². The van der Waals surface area contributed by atoms with Crippen LogP contribution in [0.15, 0.2) is 48.5 Å². The van der Waals surface area contributed by atoms with Gasteiger partial charge in [0.1, 0.15) is 5.75 Å². The van der Waals surface area contributed by atoms with Gasteiger partial charge in [0.25, 0.3) is 5.91 Å². The summed E-state index contributed by atoms with van der Waals surface area (Å²) in [6, 6.07) is 14.9. The zero-order chi connectivity index (χ0) is 24.0. The molecule has 33 heavy (non-hydrogen) atoms. The molecule has 180 valence electrons. The summed E-state index contributed by atoms with van der Waals surface area (Å²) in [5.74, 6) is 0.337. The summed E-state index contributed by atoms with van der Waals surface area (Å²) in [6.07, 6.45) is 4.81. The molecule has 8 heteroatoms. The Labute approximate surface area is 197 Å². The molecule has 0 aromatic heterocycles. The molecule has 1 saturated heterocycles. The van der Waals surface area contributed by atoms with Crippen molar-refractivity contribution >= 4 is 27.3 Å². The van der Waals surface area contributed by atoms with Crippen molar-refractivity contribution in [3.8, 4) is 5.75 Å². The number of rotatable bonds is 9. The van der Waals surface area contributed by atoms with Gasteiger partial charge in [-0.2, -0.15) is 0 Å². The molecule has 2 aromatic rings. The van der Waals surface area contributed by atoms with Crippen molar-refractivity contribution in [1.29, 1.82) is 0 Å². The summed E-state index contributed by atoms with van der Waals surface area (Å²) in [7, 11) is -1.84. The zero-order valence-electron chi connectivity index (χ0n) is 20.0. The van der Waals surface area contributed by atoms with Crippen molar-refractivity contribution in [3.05, 3.63) is 54.1 Å². The van der Waals surface area contributed by atoms with E-state index < -0.39 is 16.1 Å². The lowest BCUT2D eigenvalue weighted by Crippen LogP contribution is -2.39. The molecule has 1 amide bonds. The van der Waals surface area contributed by atoms with Crippen LogP contribution in [-0.4, -0.2) is 46.8 Å². The lowest BCUT2D eigenvalue weighted by Gasteiger charge is -2.29. The minimum absolute atomic E-state index is 0.142. The SMILES string of the molecule is CC[C@@H](Oc1ccc(N(C)S(C)(=O)=O)cc1)C(=O)N[C@@H](C)c1ccc(N2CCCCC2)cc1. The first-order valence-electron chi connectivity index (χ1n) is 11.5. The molecule has 0 radical (unpaired) electrons. The van der Waals surface area contributed by atoms with E-state index in [0.717, 1.165) is 24.9 Å². The van der Waals surface area contributed by atoms with Crippen LogP contribution < -0.4 is 19.3 Å². The fourth-order valence-corrected chi connectivity index (χ4v) is 4.43. The van der Waals surface area contributed by atoms with Crippen molar-refractivity contribution in [1.82, 2.24) is 5.32 Å². The van der Waals surface area contributed by atoms with Gasteiger partial charge in [-0.25, -0.2) is 8.42 Å². The third-order valence-electron chi connectivity index (χ3n) is 6.11. The van der Waals surface area contributed by atoms with E-state index in [2.05, 4.69) is 34.5 Å². The van der Waals surface area contributed by atoms with Gasteiger partial charge >= 0.3 is 0 Å². The van der Waals surface area contributed by atoms with E-state index in [1.54, 1.807) is 24.3 Å². The fourth-order valence-electron chi connectivity index (χ4n) is 3.93. The Hall–Kier alpha value is -2.74. The molecule has 0 bridgehead atoms. The third-order valence-corrected chi connectivity index (χ3v) is 7.32. The van der Waals surface area contributed by atoms with Crippen LogP contribution in [0.5, 0.6) is 5.75 Å². The van der Waals surface area contributed by atoms with Crippen LogP contribution in [0.2, 0.25) is 0 Å². The third kappa shape index (κ3) is 6.63. The Bertz CT molecular complexity index is 1020. The monoisotopic (exact) mass is 473 g/mol.